The first-order chi connectivity index (χ1) is 20.1. The predicted molar refractivity (Wildman–Crippen MR) is 143 cm³/mol. The molecule has 2 aromatic carbocycles. The molecule has 0 aliphatic carbocycles. The van der Waals surface area contributed by atoms with Crippen LogP contribution >= 0.6 is 0 Å². The molecule has 0 saturated carbocycles. The number of hydrogen-bond acceptors (Lipinski definition) is 5. The van der Waals surface area contributed by atoms with Crippen molar-refractivity contribution in [3.63, 3.8) is 0 Å². The number of rotatable bonds is 4. The lowest BCUT2D eigenvalue weighted by molar-refractivity contribution is -0.137. The number of para-hydroxylation sites is 2. The van der Waals surface area contributed by atoms with Gasteiger partial charge in [-0.2, -0.15) is 26.3 Å². The highest BCUT2D eigenvalue weighted by atomic mass is 19.4. The Labute approximate surface area is 233 Å². The van der Waals surface area contributed by atoms with Crippen molar-refractivity contribution in [1.82, 2.24) is 19.9 Å². The van der Waals surface area contributed by atoms with E-state index in [-0.39, 0.29) is 44.1 Å². The fourth-order valence-electron chi connectivity index (χ4n) is 5.05. The molecule has 0 atom stereocenters. The third-order valence-corrected chi connectivity index (χ3v) is 6.83. The summed E-state index contributed by atoms with van der Waals surface area (Å²) in [5.74, 6) is -0.688. The summed E-state index contributed by atoms with van der Waals surface area (Å²) in [4.78, 5) is 30.4. The van der Waals surface area contributed by atoms with Gasteiger partial charge in [0.05, 0.1) is 22.2 Å². The van der Waals surface area contributed by atoms with Crippen molar-refractivity contribution in [2.24, 2.45) is 0 Å². The van der Waals surface area contributed by atoms with E-state index in [0.29, 0.717) is 11.1 Å². The van der Waals surface area contributed by atoms with Crippen LogP contribution in [0, 0.1) is 0 Å². The van der Waals surface area contributed by atoms with Gasteiger partial charge in [0.15, 0.2) is 5.78 Å². The molecule has 0 aliphatic heterocycles. The number of nitrogens with zero attached hydrogens (tertiary/aromatic N) is 4. The lowest BCUT2D eigenvalue weighted by Crippen LogP contribution is -2.12. The maximum atomic E-state index is 14.3. The average Bonchev–Trinajstić information content (AvgIpc) is 2.98. The summed E-state index contributed by atoms with van der Waals surface area (Å²) < 4.78 is 83.2. The molecule has 0 saturated heterocycles. The smallest absolute Gasteiger partial charge is 0.288 e. The number of halogens is 6. The second-order valence-electron chi connectivity index (χ2n) is 9.29. The molecular formula is C31H16F6N4O. The first-order valence-corrected chi connectivity index (χ1v) is 12.4. The normalized spacial score (nSPS) is 12.1. The van der Waals surface area contributed by atoms with Crippen LogP contribution in [0.3, 0.4) is 0 Å². The van der Waals surface area contributed by atoms with Gasteiger partial charge in [-0.1, -0.05) is 24.3 Å². The molecular weight excluding hydrogens is 558 g/mol. The highest BCUT2D eigenvalue weighted by Crippen LogP contribution is 2.42. The fourth-order valence-corrected chi connectivity index (χ4v) is 5.05. The summed E-state index contributed by atoms with van der Waals surface area (Å²) in [6.45, 7) is 0. The van der Waals surface area contributed by atoms with Crippen molar-refractivity contribution in [3.05, 3.63) is 120 Å². The van der Waals surface area contributed by atoms with E-state index >= 15 is 0 Å². The number of benzene rings is 2. The van der Waals surface area contributed by atoms with Crippen molar-refractivity contribution >= 4 is 27.6 Å². The molecule has 0 N–H and O–H groups in total. The number of carbonyl (C=O) groups is 1. The molecule has 4 heterocycles. The number of hydrogen-bond donors (Lipinski definition) is 0. The van der Waals surface area contributed by atoms with E-state index in [1.54, 1.807) is 24.3 Å². The third-order valence-electron chi connectivity index (χ3n) is 6.83. The minimum Gasteiger partial charge on any atom is -0.288 e. The number of carbonyl (C=O) groups excluding carboxylic acids is 1. The zero-order chi connectivity index (χ0) is 29.6. The van der Waals surface area contributed by atoms with Gasteiger partial charge in [0.25, 0.3) is 0 Å². The van der Waals surface area contributed by atoms with Gasteiger partial charge in [0.1, 0.15) is 0 Å². The lowest BCUT2D eigenvalue weighted by Gasteiger charge is -2.18. The van der Waals surface area contributed by atoms with E-state index in [0.717, 1.165) is 24.5 Å². The minimum atomic E-state index is -4.71. The first kappa shape index (κ1) is 27.0. The van der Waals surface area contributed by atoms with Gasteiger partial charge in [0.2, 0.25) is 0 Å². The van der Waals surface area contributed by atoms with Crippen LogP contribution in [-0.4, -0.2) is 25.7 Å². The van der Waals surface area contributed by atoms with E-state index < -0.39 is 29.3 Å². The number of ketones is 1. The summed E-state index contributed by atoms with van der Waals surface area (Å²) in [7, 11) is 0. The molecule has 0 unspecified atom stereocenters. The van der Waals surface area contributed by atoms with Gasteiger partial charge in [-0.25, -0.2) is 0 Å². The van der Waals surface area contributed by atoms with Crippen LogP contribution in [0.1, 0.15) is 27.0 Å². The monoisotopic (exact) mass is 574 g/mol. The largest absolute Gasteiger partial charge is 0.418 e. The molecule has 11 heteroatoms. The van der Waals surface area contributed by atoms with Crippen LogP contribution in [0.4, 0.5) is 26.3 Å². The average molecular weight is 574 g/mol. The zero-order valence-electron chi connectivity index (χ0n) is 21.2. The molecule has 0 aliphatic rings. The minimum absolute atomic E-state index is 0.0588. The Morgan fingerprint density at radius 2 is 0.929 bits per heavy atom. The molecule has 5 nitrogen and oxygen atoms in total. The second-order valence-corrected chi connectivity index (χ2v) is 9.29. The van der Waals surface area contributed by atoms with E-state index in [1.165, 1.54) is 49.1 Å². The van der Waals surface area contributed by atoms with E-state index in [1.807, 2.05) is 0 Å². The highest BCUT2D eigenvalue weighted by molar-refractivity contribution is 6.21. The predicted octanol–water partition coefficient (Wildman–Crippen LogP) is 8.18. The Morgan fingerprint density at radius 3 is 1.29 bits per heavy atom. The zero-order valence-corrected chi connectivity index (χ0v) is 21.2. The van der Waals surface area contributed by atoms with Crippen molar-refractivity contribution in [3.8, 4) is 22.3 Å². The van der Waals surface area contributed by atoms with E-state index in [9.17, 15) is 31.1 Å². The fraction of sp³-hybridized carbons (Fsp3) is 0.0645. The Hall–Kier alpha value is -5.19. The van der Waals surface area contributed by atoms with E-state index in [2.05, 4.69) is 19.9 Å². The van der Waals surface area contributed by atoms with Crippen molar-refractivity contribution < 1.29 is 31.1 Å². The van der Waals surface area contributed by atoms with Crippen LogP contribution < -0.4 is 0 Å². The Bertz CT molecular complexity index is 1830. The quantitative estimate of drug-likeness (QED) is 0.157. The summed E-state index contributed by atoms with van der Waals surface area (Å²) in [6, 6.07) is 13.3. The molecule has 6 aromatic rings. The third kappa shape index (κ3) is 4.62. The SMILES string of the molecule is O=C(c1cnc2c(C(F)(F)F)cccc2c1-c1ccncc1)c1cnc2c(C(F)(F)F)cccc2c1-c1ccncc1. The molecule has 4 aromatic heterocycles. The van der Waals surface area contributed by atoms with Gasteiger partial charge >= 0.3 is 12.4 Å². The molecule has 6 rings (SSSR count). The Kier molecular flexibility index (Phi) is 6.44. The Balaban J connectivity index is 1.68. The Morgan fingerprint density at radius 1 is 0.548 bits per heavy atom. The number of aromatic nitrogens is 4. The molecule has 0 amide bonds. The molecule has 0 bridgehead atoms. The van der Waals surface area contributed by atoms with Crippen LogP contribution in [0.2, 0.25) is 0 Å². The van der Waals surface area contributed by atoms with Crippen molar-refractivity contribution in [1.29, 1.82) is 0 Å². The van der Waals surface area contributed by atoms with Gasteiger partial charge in [-0.15, -0.1) is 0 Å². The first-order valence-electron chi connectivity index (χ1n) is 12.4. The number of fused-ring (bicyclic) bond motifs is 2. The molecule has 0 spiro atoms. The standard InChI is InChI=1S/C31H16F6N4O/c32-30(33,34)23-5-1-3-19-25(17-7-11-38-12-8-17)21(15-40-27(19)23)29(42)22-16-41-28-20(4-2-6-24(28)31(35,36)37)26(22)18-9-13-39-14-10-18/h1-16H. The lowest BCUT2D eigenvalue weighted by atomic mass is 9.88. The van der Waals surface area contributed by atoms with Gasteiger partial charge in [-0.05, 0) is 47.5 Å². The summed E-state index contributed by atoms with van der Waals surface area (Å²) >= 11 is 0. The van der Waals surface area contributed by atoms with Crippen LogP contribution in [0.15, 0.2) is 97.8 Å². The summed E-state index contributed by atoms with van der Waals surface area (Å²) in [5, 5.41) is 0.140. The van der Waals surface area contributed by atoms with Crippen molar-refractivity contribution in [2.75, 3.05) is 0 Å². The van der Waals surface area contributed by atoms with Gasteiger partial charge in [-0.3, -0.25) is 24.7 Å². The summed E-state index contributed by atoms with van der Waals surface area (Å²) in [5.41, 5.74) is -1.63. The van der Waals surface area contributed by atoms with Crippen LogP contribution in [0.5, 0.6) is 0 Å². The molecule has 0 radical (unpaired) electrons. The van der Waals surface area contributed by atoms with E-state index in [4.69, 9.17) is 0 Å². The number of pyridine rings is 4. The topological polar surface area (TPSA) is 68.6 Å². The summed E-state index contributed by atoms with van der Waals surface area (Å²) in [6.07, 6.45) is -1.57. The van der Waals surface area contributed by atoms with Crippen molar-refractivity contribution in [2.45, 2.75) is 12.4 Å². The van der Waals surface area contributed by atoms with Crippen LogP contribution in [-0.2, 0) is 12.4 Å². The second kappa shape index (κ2) is 10.0. The molecule has 208 valence electrons. The highest BCUT2D eigenvalue weighted by Gasteiger charge is 2.36. The maximum Gasteiger partial charge on any atom is 0.418 e. The molecule has 0 fully saturated rings. The van der Waals surface area contributed by atoms with Gasteiger partial charge < -0.3 is 0 Å². The molecule has 42 heavy (non-hydrogen) atoms. The van der Waals surface area contributed by atoms with Gasteiger partial charge in [0, 0.05) is 70.2 Å². The van der Waals surface area contributed by atoms with Crippen LogP contribution in [0.25, 0.3) is 44.1 Å². The maximum absolute atomic E-state index is 14.3. The number of alkyl halides is 6.